The molecule has 15 heavy (non-hydrogen) atoms. The van der Waals surface area contributed by atoms with Gasteiger partial charge in [0.25, 0.3) is 0 Å². The number of hydrogen-bond acceptors (Lipinski definition) is 2. The van der Waals surface area contributed by atoms with E-state index in [4.69, 9.17) is 0 Å². The van der Waals surface area contributed by atoms with Crippen LogP contribution in [0.1, 0.15) is 51.9 Å². The Hall–Kier alpha value is 0.310. The summed E-state index contributed by atoms with van der Waals surface area (Å²) in [5.41, 5.74) is 0. The summed E-state index contributed by atoms with van der Waals surface area (Å²) < 4.78 is 0. The average molecular weight is 225 g/mol. The molecule has 1 heterocycles. The third kappa shape index (κ3) is 1.95. The first-order chi connectivity index (χ1) is 7.34. The van der Waals surface area contributed by atoms with Crippen molar-refractivity contribution in [3.8, 4) is 0 Å². The second-order valence-corrected chi connectivity index (χ2v) is 7.19. The highest BCUT2D eigenvalue weighted by Gasteiger charge is 2.41. The van der Waals surface area contributed by atoms with Crippen molar-refractivity contribution in [2.75, 3.05) is 0 Å². The third-order valence-corrected chi connectivity index (χ3v) is 6.41. The molecule has 0 radical (unpaired) electrons. The van der Waals surface area contributed by atoms with Crippen LogP contribution in [0.2, 0.25) is 0 Å². The van der Waals surface area contributed by atoms with Crippen molar-refractivity contribution in [2.24, 2.45) is 5.92 Å². The second-order valence-electron chi connectivity index (χ2n) is 5.70. The fourth-order valence-corrected chi connectivity index (χ4v) is 5.69. The maximum Gasteiger partial charge on any atom is 0.0215 e. The summed E-state index contributed by atoms with van der Waals surface area (Å²) in [6, 6.07) is 1.69. The van der Waals surface area contributed by atoms with E-state index >= 15 is 0 Å². The van der Waals surface area contributed by atoms with Crippen LogP contribution in [0.4, 0.5) is 0 Å². The predicted molar refractivity (Wildman–Crippen MR) is 67.4 cm³/mol. The summed E-state index contributed by atoms with van der Waals surface area (Å²) in [5.74, 6) is 0.916. The van der Waals surface area contributed by atoms with Gasteiger partial charge in [-0.05, 0) is 31.6 Å². The van der Waals surface area contributed by atoms with Gasteiger partial charge in [0.05, 0.1) is 0 Å². The zero-order valence-electron chi connectivity index (χ0n) is 9.74. The van der Waals surface area contributed by atoms with E-state index in [1.54, 1.807) is 0 Å². The van der Waals surface area contributed by atoms with Crippen LogP contribution in [0.3, 0.4) is 0 Å². The van der Waals surface area contributed by atoms with Gasteiger partial charge < -0.3 is 5.32 Å². The first-order valence-corrected chi connectivity index (χ1v) is 7.70. The van der Waals surface area contributed by atoms with E-state index in [9.17, 15) is 0 Å². The first-order valence-electron chi connectivity index (χ1n) is 6.76. The molecule has 0 aromatic carbocycles. The molecule has 2 aliphatic carbocycles. The van der Waals surface area contributed by atoms with E-state index in [-0.39, 0.29) is 0 Å². The minimum Gasteiger partial charge on any atom is -0.309 e. The fraction of sp³-hybridized carbons (Fsp3) is 1.00. The van der Waals surface area contributed by atoms with Crippen molar-refractivity contribution in [1.82, 2.24) is 5.32 Å². The Bertz CT molecular complexity index is 231. The summed E-state index contributed by atoms with van der Waals surface area (Å²) in [5, 5.41) is 5.87. The Kier molecular flexibility index (Phi) is 2.99. The molecule has 2 saturated carbocycles. The predicted octanol–water partition coefficient (Wildman–Crippen LogP) is 3.19. The Morgan fingerprint density at radius 1 is 0.933 bits per heavy atom. The lowest BCUT2D eigenvalue weighted by Gasteiger charge is -2.48. The van der Waals surface area contributed by atoms with E-state index in [1.807, 2.05) is 0 Å². The maximum atomic E-state index is 3.99. The van der Waals surface area contributed by atoms with Gasteiger partial charge in [0, 0.05) is 22.6 Å². The molecule has 2 heteroatoms. The quantitative estimate of drug-likeness (QED) is 0.679. The topological polar surface area (TPSA) is 12.0 Å². The molecule has 86 valence electrons. The van der Waals surface area contributed by atoms with Crippen LogP contribution in [-0.2, 0) is 0 Å². The lowest BCUT2D eigenvalue weighted by atomic mass is 9.83. The van der Waals surface area contributed by atoms with Crippen molar-refractivity contribution < 1.29 is 0 Å². The van der Waals surface area contributed by atoms with Gasteiger partial charge in [0.1, 0.15) is 0 Å². The average Bonchev–Trinajstić information content (AvgIpc) is 2.27. The van der Waals surface area contributed by atoms with Crippen LogP contribution in [0.25, 0.3) is 0 Å². The Labute approximate surface area is 97.8 Å². The summed E-state index contributed by atoms with van der Waals surface area (Å²) >= 11 is 2.34. The van der Waals surface area contributed by atoms with Gasteiger partial charge in [-0.3, -0.25) is 0 Å². The fourth-order valence-electron chi connectivity index (χ4n) is 3.71. The molecule has 0 bridgehead atoms. The molecule has 0 spiro atoms. The molecule has 3 aliphatic rings. The smallest absolute Gasteiger partial charge is 0.0215 e. The van der Waals surface area contributed by atoms with Gasteiger partial charge in [-0.1, -0.05) is 26.2 Å². The van der Waals surface area contributed by atoms with Crippen LogP contribution in [0.5, 0.6) is 0 Å². The second kappa shape index (κ2) is 4.29. The maximum absolute atomic E-state index is 3.99. The molecule has 3 fully saturated rings. The van der Waals surface area contributed by atoms with Gasteiger partial charge in [-0.15, -0.1) is 0 Å². The van der Waals surface area contributed by atoms with Crippen molar-refractivity contribution in [3.05, 3.63) is 0 Å². The molecule has 1 aliphatic heterocycles. The Morgan fingerprint density at radius 3 is 2.67 bits per heavy atom. The van der Waals surface area contributed by atoms with Gasteiger partial charge in [-0.25, -0.2) is 0 Å². The Balaban J connectivity index is 1.71. The summed E-state index contributed by atoms with van der Waals surface area (Å²) in [6.07, 6.45) is 10.2. The Morgan fingerprint density at radius 2 is 1.73 bits per heavy atom. The van der Waals surface area contributed by atoms with Gasteiger partial charge in [-0.2, -0.15) is 11.8 Å². The molecule has 0 amide bonds. The first kappa shape index (κ1) is 10.5. The highest BCUT2D eigenvalue weighted by molar-refractivity contribution is 8.00. The molecular weight excluding hydrogens is 202 g/mol. The van der Waals surface area contributed by atoms with E-state index < -0.39 is 0 Å². The molecule has 0 aromatic rings. The van der Waals surface area contributed by atoms with Crippen molar-refractivity contribution in [3.63, 3.8) is 0 Å². The normalized spacial score (nSPS) is 50.6. The SMILES string of the molecule is CC1CCCC2SC3CCCCC3NC12. The number of thioether (sulfide) groups is 1. The molecular formula is C13H23NS. The van der Waals surface area contributed by atoms with Crippen molar-refractivity contribution in [2.45, 2.75) is 74.5 Å². The molecule has 3 rings (SSSR count). The van der Waals surface area contributed by atoms with Gasteiger partial charge in [0.15, 0.2) is 0 Å². The minimum atomic E-state index is 0.836. The summed E-state index contributed by atoms with van der Waals surface area (Å²) in [7, 11) is 0. The summed E-state index contributed by atoms with van der Waals surface area (Å²) in [4.78, 5) is 0. The lowest BCUT2D eigenvalue weighted by Crippen LogP contribution is -2.58. The minimum absolute atomic E-state index is 0.836. The highest BCUT2D eigenvalue weighted by Crippen LogP contribution is 2.43. The van der Waals surface area contributed by atoms with Crippen LogP contribution in [0.15, 0.2) is 0 Å². The van der Waals surface area contributed by atoms with Crippen molar-refractivity contribution >= 4 is 11.8 Å². The van der Waals surface area contributed by atoms with E-state index in [1.165, 1.54) is 44.9 Å². The van der Waals surface area contributed by atoms with E-state index in [0.717, 1.165) is 28.5 Å². The van der Waals surface area contributed by atoms with Crippen LogP contribution in [-0.4, -0.2) is 22.6 Å². The zero-order valence-corrected chi connectivity index (χ0v) is 10.6. The highest BCUT2D eigenvalue weighted by atomic mass is 32.2. The molecule has 1 saturated heterocycles. The number of hydrogen-bond donors (Lipinski definition) is 1. The number of fused-ring (bicyclic) bond motifs is 2. The third-order valence-electron chi connectivity index (χ3n) is 4.62. The lowest BCUT2D eigenvalue weighted by molar-refractivity contribution is 0.230. The van der Waals surface area contributed by atoms with E-state index in [0.29, 0.717) is 0 Å². The molecule has 5 unspecified atom stereocenters. The van der Waals surface area contributed by atoms with Crippen LogP contribution >= 0.6 is 11.8 Å². The number of nitrogens with one attached hydrogen (secondary N) is 1. The zero-order chi connectivity index (χ0) is 10.3. The molecule has 1 N–H and O–H groups in total. The standard InChI is InChI=1S/C13H23NS/c1-9-5-4-8-12-13(9)14-10-6-2-3-7-11(10)15-12/h9-14H,2-8H2,1H3. The van der Waals surface area contributed by atoms with Crippen LogP contribution < -0.4 is 5.32 Å². The van der Waals surface area contributed by atoms with Crippen molar-refractivity contribution in [1.29, 1.82) is 0 Å². The van der Waals surface area contributed by atoms with Gasteiger partial charge in [0.2, 0.25) is 0 Å². The summed E-state index contributed by atoms with van der Waals surface area (Å²) in [6.45, 7) is 2.45. The number of rotatable bonds is 0. The van der Waals surface area contributed by atoms with Gasteiger partial charge >= 0.3 is 0 Å². The molecule has 1 nitrogen and oxygen atoms in total. The molecule has 0 aromatic heterocycles. The molecule has 5 atom stereocenters. The largest absolute Gasteiger partial charge is 0.309 e. The monoisotopic (exact) mass is 225 g/mol. The van der Waals surface area contributed by atoms with E-state index in [2.05, 4.69) is 24.0 Å². The van der Waals surface area contributed by atoms with Crippen LogP contribution in [0, 0.1) is 5.92 Å².